The van der Waals surface area contributed by atoms with Crippen LogP contribution in [0.15, 0.2) is 28.7 Å². The van der Waals surface area contributed by atoms with Crippen molar-refractivity contribution in [1.82, 2.24) is 15.5 Å². The number of carbonyl (C=O) groups excluding carboxylic acids is 1. The molecule has 0 fully saturated rings. The largest absolute Gasteiger partial charge is 0.491 e. The third-order valence-corrected chi connectivity index (χ3v) is 4.76. The maximum Gasteiger partial charge on any atom is 0.247 e. The van der Waals surface area contributed by atoms with Crippen LogP contribution in [0.5, 0.6) is 5.75 Å². The normalized spacial score (nSPS) is 11.1. The molecule has 1 amide bonds. The lowest BCUT2D eigenvalue weighted by molar-refractivity contribution is -0.126. The summed E-state index contributed by atoms with van der Waals surface area (Å²) < 4.78 is 21.8. The Morgan fingerprint density at radius 1 is 0.969 bits per heavy atom. The van der Waals surface area contributed by atoms with Crippen molar-refractivity contribution >= 4 is 5.91 Å². The van der Waals surface area contributed by atoms with Gasteiger partial charge in [-0.1, -0.05) is 39.5 Å². The van der Waals surface area contributed by atoms with Crippen molar-refractivity contribution in [3.05, 3.63) is 30.2 Å². The molecule has 2 aromatic rings. The van der Waals surface area contributed by atoms with Gasteiger partial charge < -0.3 is 23.9 Å². The predicted molar refractivity (Wildman–Crippen MR) is 123 cm³/mol. The molecule has 0 bridgehead atoms. The van der Waals surface area contributed by atoms with E-state index in [9.17, 15) is 4.79 Å². The fourth-order valence-electron chi connectivity index (χ4n) is 3.02. The Labute approximate surface area is 191 Å². The average Bonchev–Trinajstić information content (AvgIpc) is 3.21. The molecule has 8 nitrogen and oxygen atoms in total. The number of aromatic nitrogens is 2. The molecular weight excluding hydrogens is 410 g/mol. The number of aryl methyl sites for hydroxylation is 1. The smallest absolute Gasteiger partial charge is 0.247 e. The van der Waals surface area contributed by atoms with Gasteiger partial charge in [0.2, 0.25) is 17.7 Å². The SMILES string of the molecule is Cc1nnc(-c2ccc(OCCOCCOCC(=O)NCCCCCCC(C)C)cc2)o1. The number of hydrogen-bond acceptors (Lipinski definition) is 7. The molecule has 0 spiro atoms. The molecular formula is C24H37N3O5. The number of hydrogen-bond donors (Lipinski definition) is 1. The second-order valence-corrected chi connectivity index (χ2v) is 8.11. The minimum atomic E-state index is -0.0744. The number of rotatable bonds is 17. The second-order valence-electron chi connectivity index (χ2n) is 8.11. The highest BCUT2D eigenvalue weighted by molar-refractivity contribution is 5.77. The molecule has 8 heteroatoms. The van der Waals surface area contributed by atoms with E-state index in [0.717, 1.165) is 30.1 Å². The van der Waals surface area contributed by atoms with Gasteiger partial charge in [-0.2, -0.15) is 0 Å². The maximum absolute atomic E-state index is 11.7. The van der Waals surface area contributed by atoms with Crippen LogP contribution in [0.3, 0.4) is 0 Å². The number of amides is 1. The molecule has 1 aromatic carbocycles. The van der Waals surface area contributed by atoms with Crippen LogP contribution in [0.1, 0.15) is 51.8 Å². The Balaban J connectivity index is 1.40. The second kappa shape index (κ2) is 15.4. The molecule has 0 aliphatic rings. The number of unbranched alkanes of at least 4 members (excludes halogenated alkanes) is 3. The van der Waals surface area contributed by atoms with Crippen LogP contribution in [-0.2, 0) is 14.3 Å². The van der Waals surface area contributed by atoms with Crippen LogP contribution in [0, 0.1) is 12.8 Å². The van der Waals surface area contributed by atoms with Gasteiger partial charge in [0, 0.05) is 19.0 Å². The molecule has 0 atom stereocenters. The van der Waals surface area contributed by atoms with E-state index < -0.39 is 0 Å². The van der Waals surface area contributed by atoms with Crippen molar-refractivity contribution in [3.8, 4) is 17.2 Å². The highest BCUT2D eigenvalue weighted by Gasteiger charge is 2.06. The number of nitrogens with one attached hydrogen (secondary N) is 1. The highest BCUT2D eigenvalue weighted by atomic mass is 16.5. The van der Waals surface area contributed by atoms with Crippen LogP contribution >= 0.6 is 0 Å². The molecule has 1 aromatic heterocycles. The van der Waals surface area contributed by atoms with E-state index in [-0.39, 0.29) is 12.5 Å². The lowest BCUT2D eigenvalue weighted by Crippen LogP contribution is -2.29. The monoisotopic (exact) mass is 447 g/mol. The van der Waals surface area contributed by atoms with E-state index in [1.165, 1.54) is 19.3 Å². The molecule has 0 saturated carbocycles. The zero-order valence-corrected chi connectivity index (χ0v) is 19.6. The Morgan fingerprint density at radius 2 is 1.69 bits per heavy atom. The molecule has 0 aliphatic carbocycles. The molecule has 1 heterocycles. The van der Waals surface area contributed by atoms with E-state index in [0.29, 0.717) is 44.8 Å². The number of carbonyl (C=O) groups is 1. The van der Waals surface area contributed by atoms with E-state index in [1.807, 2.05) is 24.3 Å². The first-order chi connectivity index (χ1) is 15.5. The quantitative estimate of drug-likeness (QED) is 0.363. The molecule has 178 valence electrons. The van der Waals surface area contributed by atoms with E-state index >= 15 is 0 Å². The Hall–Kier alpha value is -2.45. The Morgan fingerprint density at radius 3 is 2.41 bits per heavy atom. The Bertz CT molecular complexity index is 761. The van der Waals surface area contributed by atoms with Gasteiger partial charge in [-0.3, -0.25) is 4.79 Å². The Kier molecular flexibility index (Phi) is 12.4. The van der Waals surface area contributed by atoms with E-state index in [1.54, 1.807) is 6.92 Å². The zero-order chi connectivity index (χ0) is 23.0. The summed E-state index contributed by atoms with van der Waals surface area (Å²) >= 11 is 0. The summed E-state index contributed by atoms with van der Waals surface area (Å²) in [6, 6.07) is 7.44. The summed E-state index contributed by atoms with van der Waals surface area (Å²) in [5, 5.41) is 10.7. The zero-order valence-electron chi connectivity index (χ0n) is 19.6. The van der Waals surface area contributed by atoms with Gasteiger partial charge in [-0.15, -0.1) is 10.2 Å². The summed E-state index contributed by atoms with van der Waals surface area (Å²) in [5.41, 5.74) is 0.844. The van der Waals surface area contributed by atoms with Crippen LogP contribution < -0.4 is 10.1 Å². The van der Waals surface area contributed by atoms with Crippen molar-refractivity contribution in [2.45, 2.75) is 52.9 Å². The van der Waals surface area contributed by atoms with Crippen molar-refractivity contribution in [2.24, 2.45) is 5.92 Å². The fourth-order valence-corrected chi connectivity index (χ4v) is 3.02. The number of benzene rings is 1. The minimum absolute atomic E-state index is 0.0686. The van der Waals surface area contributed by atoms with Crippen molar-refractivity contribution in [2.75, 3.05) is 39.6 Å². The molecule has 0 aliphatic heterocycles. The predicted octanol–water partition coefficient (Wildman–Crippen LogP) is 4.18. The summed E-state index contributed by atoms with van der Waals surface area (Å²) in [6.45, 7) is 8.70. The number of ether oxygens (including phenoxy) is 3. The van der Waals surface area contributed by atoms with E-state index in [4.69, 9.17) is 18.6 Å². The lowest BCUT2D eigenvalue weighted by atomic mass is 10.0. The standard InChI is InChI=1S/C24H37N3O5/c1-19(2)8-6-4-5-7-13-25-23(28)18-30-15-14-29-16-17-31-22-11-9-21(10-12-22)24-27-26-20(3)32-24/h9-12,19H,4-8,13-18H2,1-3H3,(H,25,28). The molecule has 0 saturated heterocycles. The number of nitrogens with zero attached hydrogens (tertiary/aromatic N) is 2. The van der Waals surface area contributed by atoms with Gasteiger partial charge in [-0.25, -0.2) is 0 Å². The van der Waals surface area contributed by atoms with Crippen LogP contribution in [-0.4, -0.2) is 55.7 Å². The third-order valence-electron chi connectivity index (χ3n) is 4.76. The van der Waals surface area contributed by atoms with Crippen molar-refractivity contribution in [1.29, 1.82) is 0 Å². The first kappa shape index (κ1) is 25.8. The molecule has 0 unspecified atom stereocenters. The first-order valence-electron chi connectivity index (χ1n) is 11.5. The van der Waals surface area contributed by atoms with Crippen LogP contribution in [0.25, 0.3) is 11.5 Å². The summed E-state index contributed by atoms with van der Waals surface area (Å²) in [5.74, 6) is 2.46. The van der Waals surface area contributed by atoms with Crippen molar-refractivity contribution < 1.29 is 23.4 Å². The van der Waals surface area contributed by atoms with Crippen LogP contribution in [0.2, 0.25) is 0 Å². The van der Waals surface area contributed by atoms with E-state index in [2.05, 4.69) is 29.4 Å². The summed E-state index contributed by atoms with van der Waals surface area (Å²) in [7, 11) is 0. The minimum Gasteiger partial charge on any atom is -0.491 e. The topological polar surface area (TPSA) is 95.7 Å². The van der Waals surface area contributed by atoms with Gasteiger partial charge >= 0.3 is 0 Å². The summed E-state index contributed by atoms with van der Waals surface area (Å²) in [6.07, 6.45) is 5.96. The van der Waals surface area contributed by atoms with Crippen molar-refractivity contribution in [3.63, 3.8) is 0 Å². The van der Waals surface area contributed by atoms with Crippen LogP contribution in [0.4, 0.5) is 0 Å². The van der Waals surface area contributed by atoms with Gasteiger partial charge in [-0.05, 0) is 36.6 Å². The molecule has 0 radical (unpaired) electrons. The first-order valence-corrected chi connectivity index (χ1v) is 11.5. The maximum atomic E-state index is 11.7. The molecule has 1 N–H and O–H groups in total. The lowest BCUT2D eigenvalue weighted by Gasteiger charge is -2.09. The summed E-state index contributed by atoms with van der Waals surface area (Å²) in [4.78, 5) is 11.7. The van der Waals surface area contributed by atoms with Gasteiger partial charge in [0.25, 0.3) is 0 Å². The van der Waals surface area contributed by atoms with Gasteiger partial charge in [0.15, 0.2) is 0 Å². The highest BCUT2D eigenvalue weighted by Crippen LogP contribution is 2.21. The molecule has 2 rings (SSSR count). The fraction of sp³-hybridized carbons (Fsp3) is 0.625. The third kappa shape index (κ3) is 11.2. The molecule has 32 heavy (non-hydrogen) atoms. The average molecular weight is 448 g/mol. The van der Waals surface area contributed by atoms with Gasteiger partial charge in [0.1, 0.15) is 19.0 Å². The van der Waals surface area contributed by atoms with Gasteiger partial charge in [0.05, 0.1) is 19.8 Å².